The number of ether oxygens (including phenoxy) is 1. The number of carbonyl (C=O) groups excluding carboxylic acids is 1. The Morgan fingerprint density at radius 3 is 2.57 bits per heavy atom. The highest BCUT2D eigenvalue weighted by Gasteiger charge is 2.30. The van der Waals surface area contributed by atoms with Gasteiger partial charge >= 0.3 is 6.18 Å². The Balaban J connectivity index is 1.91. The first-order valence-corrected chi connectivity index (χ1v) is 9.26. The molecule has 0 fully saturated rings. The Hall–Kier alpha value is -3.16. The summed E-state index contributed by atoms with van der Waals surface area (Å²) in [7, 11) is 1.63. The van der Waals surface area contributed by atoms with E-state index in [1.165, 1.54) is 16.8 Å². The van der Waals surface area contributed by atoms with E-state index in [1.54, 1.807) is 13.2 Å². The number of hydrogen-bond acceptors (Lipinski definition) is 5. The number of nitrogens with zero attached hydrogens (tertiary/aromatic N) is 3. The van der Waals surface area contributed by atoms with E-state index >= 15 is 0 Å². The average molecular weight is 532 g/mol. The molecule has 0 radical (unpaired) electrons. The van der Waals surface area contributed by atoms with Crippen LogP contribution in [0.15, 0.2) is 48.7 Å². The third kappa shape index (κ3) is 5.06. The molecule has 0 aliphatic rings. The largest absolute Gasteiger partial charge is 0.457 e. The zero-order valence-electron chi connectivity index (χ0n) is 15.1. The molecule has 1 N–H and O–H groups in total. The van der Waals surface area contributed by atoms with Gasteiger partial charge in [0.1, 0.15) is 11.5 Å². The Labute approximate surface area is 180 Å². The van der Waals surface area contributed by atoms with Gasteiger partial charge in [-0.3, -0.25) is 19.6 Å². The summed E-state index contributed by atoms with van der Waals surface area (Å²) in [6, 6.07) is 7.49. The van der Waals surface area contributed by atoms with Crippen molar-refractivity contribution in [3.8, 4) is 11.5 Å². The molecule has 1 amide bonds. The predicted octanol–water partition coefficient (Wildman–Crippen LogP) is 5.00. The summed E-state index contributed by atoms with van der Waals surface area (Å²) >= 11 is 1.92. The van der Waals surface area contributed by atoms with Gasteiger partial charge in [-0.2, -0.15) is 18.3 Å². The summed E-state index contributed by atoms with van der Waals surface area (Å²) < 4.78 is 46.0. The number of benzene rings is 2. The third-order valence-corrected chi connectivity index (χ3v) is 4.55. The van der Waals surface area contributed by atoms with Gasteiger partial charge in [-0.1, -0.05) is 6.07 Å². The van der Waals surface area contributed by atoms with E-state index in [0.29, 0.717) is 3.57 Å². The van der Waals surface area contributed by atoms with E-state index in [0.717, 1.165) is 30.3 Å². The predicted molar refractivity (Wildman–Crippen MR) is 108 cm³/mol. The minimum absolute atomic E-state index is 0.0256. The van der Waals surface area contributed by atoms with Gasteiger partial charge in [0.2, 0.25) is 0 Å². The highest BCUT2D eigenvalue weighted by molar-refractivity contribution is 14.1. The van der Waals surface area contributed by atoms with Crippen LogP contribution in [-0.4, -0.2) is 20.6 Å². The molecule has 3 aromatic rings. The molecule has 3 rings (SSSR count). The van der Waals surface area contributed by atoms with E-state index in [9.17, 15) is 28.1 Å². The number of alkyl halides is 3. The Bertz CT molecular complexity index is 1130. The number of nitrogens with one attached hydrogen (secondary N) is 1. The molecular weight excluding hydrogens is 520 g/mol. The molecule has 0 aliphatic carbocycles. The molecule has 1 aromatic heterocycles. The van der Waals surface area contributed by atoms with Gasteiger partial charge in [-0.25, -0.2) is 0 Å². The number of halogens is 4. The van der Waals surface area contributed by atoms with Crippen molar-refractivity contribution >= 4 is 39.9 Å². The normalized spacial score (nSPS) is 11.2. The van der Waals surface area contributed by atoms with Crippen molar-refractivity contribution in [1.29, 1.82) is 0 Å². The van der Waals surface area contributed by atoms with Crippen LogP contribution >= 0.6 is 22.6 Å². The van der Waals surface area contributed by atoms with E-state index in [1.807, 2.05) is 22.6 Å². The van der Waals surface area contributed by atoms with Gasteiger partial charge in [0.05, 0.1) is 25.8 Å². The first-order valence-electron chi connectivity index (χ1n) is 8.18. The first-order chi connectivity index (χ1) is 14.0. The van der Waals surface area contributed by atoms with E-state index in [-0.39, 0.29) is 22.9 Å². The fourth-order valence-electron chi connectivity index (χ4n) is 2.50. The van der Waals surface area contributed by atoms with Crippen LogP contribution in [-0.2, 0) is 13.2 Å². The number of nitro benzene ring substituents is 1. The molecular formula is C18H12F3IN4O4. The van der Waals surface area contributed by atoms with Crippen molar-refractivity contribution < 1.29 is 27.6 Å². The molecule has 0 saturated heterocycles. The SMILES string of the molecule is Cn1cc(I)c(C(=O)Nc2cc(Oc3cccc(C(F)(F)F)c3)cc([N+](=O)[O-])c2)n1. The number of hydrogen-bond donors (Lipinski definition) is 1. The molecule has 30 heavy (non-hydrogen) atoms. The lowest BCUT2D eigenvalue weighted by atomic mass is 10.2. The molecule has 0 spiro atoms. The number of nitro groups is 1. The molecule has 0 saturated carbocycles. The van der Waals surface area contributed by atoms with Crippen molar-refractivity contribution in [3.63, 3.8) is 0 Å². The minimum Gasteiger partial charge on any atom is -0.457 e. The quantitative estimate of drug-likeness (QED) is 0.284. The number of aryl methyl sites for hydroxylation is 1. The fraction of sp³-hybridized carbons (Fsp3) is 0.111. The van der Waals surface area contributed by atoms with Crippen LogP contribution in [0.25, 0.3) is 0 Å². The lowest BCUT2D eigenvalue weighted by molar-refractivity contribution is -0.384. The zero-order chi connectivity index (χ0) is 22.1. The topological polar surface area (TPSA) is 99.3 Å². The first kappa shape index (κ1) is 21.5. The molecule has 12 heteroatoms. The maximum absolute atomic E-state index is 12.9. The van der Waals surface area contributed by atoms with Crippen LogP contribution in [0.3, 0.4) is 0 Å². The second-order valence-corrected chi connectivity index (χ2v) is 7.22. The Kier molecular flexibility index (Phi) is 5.96. The highest BCUT2D eigenvalue weighted by Crippen LogP contribution is 2.34. The van der Waals surface area contributed by atoms with E-state index in [2.05, 4.69) is 10.4 Å². The molecule has 8 nitrogen and oxygen atoms in total. The van der Waals surface area contributed by atoms with Gasteiger partial charge in [0.25, 0.3) is 11.6 Å². The van der Waals surface area contributed by atoms with Crippen LogP contribution in [0, 0.1) is 13.7 Å². The summed E-state index contributed by atoms with van der Waals surface area (Å²) in [5.41, 5.74) is -1.20. The summed E-state index contributed by atoms with van der Waals surface area (Å²) in [6.07, 6.45) is -2.95. The van der Waals surface area contributed by atoms with Crippen molar-refractivity contribution in [2.45, 2.75) is 6.18 Å². The van der Waals surface area contributed by atoms with Crippen molar-refractivity contribution in [1.82, 2.24) is 9.78 Å². The lowest BCUT2D eigenvalue weighted by Crippen LogP contribution is -2.14. The maximum atomic E-state index is 12.9. The average Bonchev–Trinajstić information content (AvgIpc) is 2.99. The van der Waals surface area contributed by atoms with Crippen molar-refractivity contribution in [2.75, 3.05) is 5.32 Å². The highest BCUT2D eigenvalue weighted by atomic mass is 127. The number of amides is 1. The summed E-state index contributed by atoms with van der Waals surface area (Å²) in [6.45, 7) is 0. The van der Waals surface area contributed by atoms with Gasteiger partial charge in [-0.15, -0.1) is 0 Å². The Morgan fingerprint density at radius 1 is 1.23 bits per heavy atom. The summed E-state index contributed by atoms with van der Waals surface area (Å²) in [5, 5.41) is 17.7. The van der Waals surface area contributed by atoms with Crippen LogP contribution in [0.5, 0.6) is 11.5 Å². The van der Waals surface area contributed by atoms with Gasteiger partial charge in [0.15, 0.2) is 5.69 Å². The van der Waals surface area contributed by atoms with Crippen molar-refractivity contribution in [3.05, 3.63) is 73.6 Å². The number of non-ortho nitro benzene ring substituents is 1. The second kappa shape index (κ2) is 8.30. The Morgan fingerprint density at radius 2 is 1.97 bits per heavy atom. The molecule has 2 aromatic carbocycles. The van der Waals surface area contributed by atoms with Gasteiger partial charge < -0.3 is 10.1 Å². The number of aromatic nitrogens is 2. The third-order valence-electron chi connectivity index (χ3n) is 3.76. The zero-order valence-corrected chi connectivity index (χ0v) is 17.3. The molecule has 1 heterocycles. The second-order valence-electron chi connectivity index (χ2n) is 6.05. The van der Waals surface area contributed by atoms with Crippen molar-refractivity contribution in [2.24, 2.45) is 7.05 Å². The molecule has 0 aliphatic heterocycles. The van der Waals surface area contributed by atoms with Crippen LogP contribution in [0.1, 0.15) is 16.1 Å². The monoisotopic (exact) mass is 532 g/mol. The van der Waals surface area contributed by atoms with Gasteiger partial charge in [-0.05, 0) is 40.8 Å². The smallest absolute Gasteiger partial charge is 0.416 e. The van der Waals surface area contributed by atoms with Gasteiger partial charge in [0, 0.05) is 25.4 Å². The van der Waals surface area contributed by atoms with Crippen LogP contribution in [0.2, 0.25) is 0 Å². The fourth-order valence-corrected chi connectivity index (χ4v) is 3.25. The van der Waals surface area contributed by atoms with Crippen LogP contribution < -0.4 is 10.1 Å². The van der Waals surface area contributed by atoms with Crippen LogP contribution in [0.4, 0.5) is 24.5 Å². The summed E-state index contributed by atoms with van der Waals surface area (Å²) in [4.78, 5) is 22.9. The number of anilines is 1. The molecule has 0 unspecified atom stereocenters. The van der Waals surface area contributed by atoms with E-state index < -0.39 is 28.3 Å². The molecule has 156 valence electrons. The van der Waals surface area contributed by atoms with E-state index in [4.69, 9.17) is 4.74 Å². The minimum atomic E-state index is -4.57. The maximum Gasteiger partial charge on any atom is 0.416 e. The molecule has 0 bridgehead atoms. The molecule has 0 atom stereocenters. The number of carbonyl (C=O) groups is 1. The number of rotatable bonds is 5. The summed E-state index contributed by atoms with van der Waals surface area (Å²) in [5.74, 6) is -0.887. The standard InChI is InChI=1S/C18H12F3IN4O4/c1-25-9-15(22)16(24-25)17(27)23-11-6-12(26(28)29)8-14(7-11)30-13-4-2-3-10(5-13)18(19,20)21/h2-9H,1H3,(H,23,27). The lowest BCUT2D eigenvalue weighted by Gasteiger charge is -2.11.